The van der Waals surface area contributed by atoms with Gasteiger partial charge in [-0.2, -0.15) is 5.26 Å². The highest BCUT2D eigenvalue weighted by molar-refractivity contribution is 9.10. The Balaban J connectivity index is 3.26. The van der Waals surface area contributed by atoms with Crippen molar-refractivity contribution in [1.82, 2.24) is 0 Å². The van der Waals surface area contributed by atoms with Crippen molar-refractivity contribution in [2.24, 2.45) is 0 Å². The number of carboxylic acids is 1. The molecule has 1 rings (SSSR count). The predicted octanol–water partition coefficient (Wildman–Crippen LogP) is 2.85. The number of benzene rings is 1. The van der Waals surface area contributed by atoms with E-state index in [-0.39, 0.29) is 15.6 Å². The van der Waals surface area contributed by atoms with Gasteiger partial charge in [-0.25, -0.2) is 0 Å². The summed E-state index contributed by atoms with van der Waals surface area (Å²) in [7, 11) is 0. The summed E-state index contributed by atoms with van der Waals surface area (Å²) in [6.45, 7) is 0. The SMILES string of the molecule is N#Cc1cc(OC(F)(F)F)c(CC(=O)O)cc1Br. The first kappa shape index (κ1) is 14.3. The molecular weight excluding hydrogens is 319 g/mol. The maximum Gasteiger partial charge on any atom is 0.573 e. The van der Waals surface area contributed by atoms with Crippen LogP contribution in [0.1, 0.15) is 11.1 Å². The lowest BCUT2D eigenvalue weighted by Crippen LogP contribution is -2.19. The van der Waals surface area contributed by atoms with Gasteiger partial charge in [0.2, 0.25) is 0 Å². The number of rotatable bonds is 3. The van der Waals surface area contributed by atoms with E-state index in [1.54, 1.807) is 6.07 Å². The van der Waals surface area contributed by atoms with Crippen LogP contribution in [0.4, 0.5) is 13.2 Å². The Labute approximate surface area is 108 Å². The van der Waals surface area contributed by atoms with E-state index >= 15 is 0 Å². The molecule has 0 bridgehead atoms. The first-order valence-electron chi connectivity index (χ1n) is 4.43. The second-order valence-electron chi connectivity index (χ2n) is 3.17. The highest BCUT2D eigenvalue weighted by Crippen LogP contribution is 2.31. The fourth-order valence-corrected chi connectivity index (χ4v) is 1.68. The monoisotopic (exact) mass is 323 g/mol. The summed E-state index contributed by atoms with van der Waals surface area (Å²) in [6.07, 6.45) is -5.59. The number of ether oxygens (including phenoxy) is 1. The molecule has 1 N–H and O–H groups in total. The number of nitrogens with zero attached hydrogens (tertiary/aromatic N) is 1. The van der Waals surface area contributed by atoms with Gasteiger partial charge in [0, 0.05) is 10.0 Å². The molecule has 1 aromatic rings. The van der Waals surface area contributed by atoms with Gasteiger partial charge in [-0.15, -0.1) is 13.2 Å². The Morgan fingerprint density at radius 2 is 2.11 bits per heavy atom. The van der Waals surface area contributed by atoms with Crippen molar-refractivity contribution in [3.05, 3.63) is 27.7 Å². The van der Waals surface area contributed by atoms with Gasteiger partial charge in [-0.3, -0.25) is 4.79 Å². The fraction of sp³-hybridized carbons (Fsp3) is 0.200. The van der Waals surface area contributed by atoms with Gasteiger partial charge < -0.3 is 9.84 Å². The first-order chi connectivity index (χ1) is 8.23. The number of halogens is 4. The standard InChI is InChI=1S/C10H5BrF3NO3/c11-7-1-5(3-9(16)17)8(2-6(7)4-15)18-10(12,13)14/h1-2H,3H2,(H,16,17). The van der Waals surface area contributed by atoms with Gasteiger partial charge in [-0.1, -0.05) is 0 Å². The van der Waals surface area contributed by atoms with E-state index in [4.69, 9.17) is 10.4 Å². The van der Waals surface area contributed by atoms with Crippen molar-refractivity contribution in [2.45, 2.75) is 12.8 Å². The van der Waals surface area contributed by atoms with Crippen LogP contribution in [0.2, 0.25) is 0 Å². The van der Waals surface area contributed by atoms with Crippen LogP contribution in [0.5, 0.6) is 5.75 Å². The first-order valence-corrected chi connectivity index (χ1v) is 5.22. The summed E-state index contributed by atoms with van der Waals surface area (Å²) in [6, 6.07) is 3.62. The van der Waals surface area contributed by atoms with Crippen LogP contribution in [0.15, 0.2) is 16.6 Å². The zero-order valence-electron chi connectivity index (χ0n) is 8.58. The normalized spacial score (nSPS) is 10.8. The van der Waals surface area contributed by atoms with Crippen LogP contribution in [0.3, 0.4) is 0 Å². The van der Waals surface area contributed by atoms with Gasteiger partial charge in [0.15, 0.2) is 0 Å². The smallest absolute Gasteiger partial charge is 0.481 e. The van der Waals surface area contributed by atoms with Crippen molar-refractivity contribution >= 4 is 21.9 Å². The number of hydrogen-bond donors (Lipinski definition) is 1. The molecule has 0 aromatic heterocycles. The lowest BCUT2D eigenvalue weighted by Gasteiger charge is -2.13. The molecule has 0 amide bonds. The Morgan fingerprint density at radius 3 is 2.56 bits per heavy atom. The molecule has 96 valence electrons. The quantitative estimate of drug-likeness (QED) is 0.928. The Hall–Kier alpha value is -1.75. The zero-order chi connectivity index (χ0) is 13.9. The molecule has 0 radical (unpaired) electrons. The average molecular weight is 324 g/mol. The molecule has 0 aliphatic heterocycles. The Bertz CT molecular complexity index is 522. The number of aliphatic carboxylic acids is 1. The van der Waals surface area contributed by atoms with Crippen molar-refractivity contribution in [3.63, 3.8) is 0 Å². The van der Waals surface area contributed by atoms with E-state index in [1.807, 2.05) is 0 Å². The van der Waals surface area contributed by atoms with E-state index in [1.165, 1.54) is 0 Å². The largest absolute Gasteiger partial charge is 0.573 e. The van der Waals surface area contributed by atoms with E-state index in [2.05, 4.69) is 20.7 Å². The number of carbonyl (C=O) groups is 1. The van der Waals surface area contributed by atoms with Crippen molar-refractivity contribution < 1.29 is 27.8 Å². The summed E-state index contributed by atoms with van der Waals surface area (Å²) in [5.74, 6) is -2.00. The van der Waals surface area contributed by atoms with Crippen LogP contribution in [0, 0.1) is 11.3 Å². The van der Waals surface area contributed by atoms with Crippen molar-refractivity contribution in [2.75, 3.05) is 0 Å². The number of carboxylic acid groups (broad SMARTS) is 1. The second-order valence-corrected chi connectivity index (χ2v) is 4.02. The topological polar surface area (TPSA) is 70.3 Å². The van der Waals surface area contributed by atoms with Crippen LogP contribution in [-0.2, 0) is 11.2 Å². The zero-order valence-corrected chi connectivity index (χ0v) is 10.2. The van der Waals surface area contributed by atoms with Gasteiger partial charge in [-0.05, 0) is 28.1 Å². The van der Waals surface area contributed by atoms with E-state index in [9.17, 15) is 18.0 Å². The molecule has 0 atom stereocenters. The van der Waals surface area contributed by atoms with Crippen LogP contribution < -0.4 is 4.74 Å². The van der Waals surface area contributed by atoms with Crippen LogP contribution in [-0.4, -0.2) is 17.4 Å². The third-order valence-corrected chi connectivity index (χ3v) is 2.49. The molecule has 0 saturated heterocycles. The summed E-state index contributed by atoms with van der Waals surface area (Å²) in [5, 5.41) is 17.3. The molecule has 18 heavy (non-hydrogen) atoms. The molecule has 0 unspecified atom stereocenters. The highest BCUT2D eigenvalue weighted by atomic mass is 79.9. The van der Waals surface area contributed by atoms with Gasteiger partial charge in [0.1, 0.15) is 11.8 Å². The van der Waals surface area contributed by atoms with Crippen LogP contribution >= 0.6 is 15.9 Å². The summed E-state index contributed by atoms with van der Waals surface area (Å²) in [4.78, 5) is 10.5. The molecule has 4 nitrogen and oxygen atoms in total. The molecule has 8 heteroatoms. The molecule has 0 saturated carbocycles. The Morgan fingerprint density at radius 1 is 1.50 bits per heavy atom. The molecule has 1 aromatic carbocycles. The molecule has 0 aliphatic carbocycles. The lowest BCUT2D eigenvalue weighted by atomic mass is 10.1. The van der Waals surface area contributed by atoms with E-state index in [0.717, 1.165) is 12.1 Å². The minimum atomic E-state index is -4.95. The highest BCUT2D eigenvalue weighted by Gasteiger charge is 2.32. The van der Waals surface area contributed by atoms with Gasteiger partial charge in [0.25, 0.3) is 0 Å². The van der Waals surface area contributed by atoms with Crippen LogP contribution in [0.25, 0.3) is 0 Å². The maximum absolute atomic E-state index is 12.1. The third-order valence-electron chi connectivity index (χ3n) is 1.84. The summed E-state index contributed by atoms with van der Waals surface area (Å²) in [5.41, 5.74) is -0.255. The summed E-state index contributed by atoms with van der Waals surface area (Å²) >= 11 is 2.96. The van der Waals surface area contributed by atoms with E-state index in [0.29, 0.717) is 0 Å². The average Bonchev–Trinajstić information content (AvgIpc) is 2.19. The predicted molar refractivity (Wildman–Crippen MR) is 56.9 cm³/mol. The van der Waals surface area contributed by atoms with Crippen molar-refractivity contribution in [3.8, 4) is 11.8 Å². The van der Waals surface area contributed by atoms with E-state index < -0.39 is 24.5 Å². The third kappa shape index (κ3) is 3.92. The minimum Gasteiger partial charge on any atom is -0.481 e. The molecule has 0 fully saturated rings. The fourth-order valence-electron chi connectivity index (χ4n) is 1.20. The number of hydrogen-bond acceptors (Lipinski definition) is 3. The number of alkyl halides is 3. The molecule has 0 spiro atoms. The lowest BCUT2D eigenvalue weighted by molar-refractivity contribution is -0.274. The summed E-state index contributed by atoms with van der Waals surface area (Å²) < 4.78 is 40.3. The molecule has 0 aliphatic rings. The van der Waals surface area contributed by atoms with Crippen molar-refractivity contribution in [1.29, 1.82) is 5.26 Å². The molecular formula is C10H5BrF3NO3. The Kier molecular flexibility index (Phi) is 4.19. The number of nitriles is 1. The second kappa shape index (κ2) is 5.27. The molecule has 0 heterocycles. The van der Waals surface area contributed by atoms with Gasteiger partial charge in [0.05, 0.1) is 12.0 Å². The minimum absolute atomic E-state index is 0.0802. The maximum atomic E-state index is 12.1. The van der Waals surface area contributed by atoms with Gasteiger partial charge >= 0.3 is 12.3 Å².